The molecule has 5 nitrogen and oxygen atoms in total. The molecule has 3 aromatic rings. The van der Waals surface area contributed by atoms with Crippen molar-refractivity contribution in [3.8, 4) is 0 Å². The van der Waals surface area contributed by atoms with Crippen LogP contribution >= 0.6 is 0 Å². The molecule has 27 heavy (non-hydrogen) atoms. The van der Waals surface area contributed by atoms with Gasteiger partial charge in [0.1, 0.15) is 5.82 Å². The normalized spacial score (nSPS) is 11.4. The predicted octanol–water partition coefficient (Wildman–Crippen LogP) is 4.12. The zero-order chi connectivity index (χ0) is 19.8. The monoisotopic (exact) mass is 369 g/mol. The summed E-state index contributed by atoms with van der Waals surface area (Å²) in [4.78, 5) is 33.0. The van der Waals surface area contributed by atoms with Crippen molar-refractivity contribution in [3.05, 3.63) is 65.5 Å². The minimum absolute atomic E-state index is 0.0695. The number of carbonyl (C=O) groups is 2. The van der Waals surface area contributed by atoms with Crippen molar-refractivity contribution in [2.75, 3.05) is 5.32 Å². The molecule has 7 heteroatoms. The minimum atomic E-state index is -1.11. The maximum atomic E-state index is 14.8. The summed E-state index contributed by atoms with van der Waals surface area (Å²) in [6.07, 6.45) is 2.96. The van der Waals surface area contributed by atoms with Crippen molar-refractivity contribution >= 4 is 28.4 Å². The molecule has 0 atom stereocenters. The number of nitrogens with one attached hydrogen (secondary N) is 1. The van der Waals surface area contributed by atoms with Gasteiger partial charge in [0.05, 0.1) is 22.3 Å². The molecule has 1 heterocycles. The Balaban J connectivity index is 2.03. The van der Waals surface area contributed by atoms with Crippen LogP contribution in [0.2, 0.25) is 0 Å². The highest BCUT2D eigenvalue weighted by molar-refractivity contribution is 6.11. The lowest BCUT2D eigenvalue weighted by Gasteiger charge is -2.18. The lowest BCUT2D eigenvalue weighted by atomic mass is 9.95. The molecule has 1 aromatic heterocycles. The summed E-state index contributed by atoms with van der Waals surface area (Å²) in [7, 11) is 0. The highest BCUT2D eigenvalue weighted by Gasteiger charge is 2.26. The van der Waals surface area contributed by atoms with Crippen molar-refractivity contribution in [2.45, 2.75) is 20.8 Å². The number of nitrogens with zero attached hydrogens (tertiary/aromatic N) is 2. The number of hydrogen-bond donors (Lipinski definition) is 1. The van der Waals surface area contributed by atoms with Crippen molar-refractivity contribution in [1.82, 2.24) is 9.97 Å². The van der Waals surface area contributed by atoms with Crippen molar-refractivity contribution in [2.24, 2.45) is 5.41 Å². The number of carbonyl (C=O) groups excluding carboxylic acids is 2. The Morgan fingerprint density at radius 3 is 2.30 bits per heavy atom. The van der Waals surface area contributed by atoms with E-state index in [-0.39, 0.29) is 11.3 Å². The predicted molar refractivity (Wildman–Crippen MR) is 97.4 cm³/mol. The summed E-state index contributed by atoms with van der Waals surface area (Å²) in [6, 6.07) is 6.45. The molecule has 0 saturated carbocycles. The molecule has 3 rings (SSSR count). The summed E-state index contributed by atoms with van der Waals surface area (Å²) < 4.78 is 29.1. The molecule has 2 aromatic carbocycles. The zero-order valence-corrected chi connectivity index (χ0v) is 15.0. The van der Waals surface area contributed by atoms with E-state index in [9.17, 15) is 18.4 Å². The maximum Gasteiger partial charge on any atom is 0.229 e. The van der Waals surface area contributed by atoms with Crippen LogP contribution in [0.4, 0.5) is 14.5 Å². The molecular weight excluding hydrogens is 352 g/mol. The second-order valence-electron chi connectivity index (χ2n) is 7.08. The first-order chi connectivity index (χ1) is 12.7. The molecule has 0 fully saturated rings. The van der Waals surface area contributed by atoms with Gasteiger partial charge in [-0.1, -0.05) is 20.8 Å². The Labute approximate surface area is 154 Å². The Bertz CT molecular complexity index is 1060. The standard InChI is InChI=1S/C20H17F2N3O2/c1-20(2,3)19(27)25-14-7-5-12(21)16(17(14)22)18(26)11-4-6-13-15(10-11)24-9-8-23-13/h4-10H,1-3H3,(H,25,27). The Kier molecular flexibility index (Phi) is 4.70. The summed E-state index contributed by atoms with van der Waals surface area (Å²) in [5.41, 5.74) is -0.699. The molecule has 0 aliphatic carbocycles. The molecule has 0 bridgehead atoms. The highest BCUT2D eigenvalue weighted by atomic mass is 19.1. The van der Waals surface area contributed by atoms with Crippen molar-refractivity contribution in [3.63, 3.8) is 0 Å². The average molecular weight is 369 g/mol. The van der Waals surface area contributed by atoms with Crippen LogP contribution in [0.5, 0.6) is 0 Å². The lowest BCUT2D eigenvalue weighted by Crippen LogP contribution is -2.28. The van der Waals surface area contributed by atoms with Gasteiger partial charge in [-0.2, -0.15) is 0 Å². The number of ketones is 1. The van der Waals surface area contributed by atoms with E-state index in [1.165, 1.54) is 24.5 Å². The maximum absolute atomic E-state index is 14.8. The average Bonchev–Trinajstić information content (AvgIpc) is 2.62. The first-order valence-electron chi connectivity index (χ1n) is 8.23. The zero-order valence-electron chi connectivity index (χ0n) is 15.0. The third-order valence-corrected chi connectivity index (χ3v) is 3.98. The number of fused-ring (bicyclic) bond motifs is 1. The van der Waals surface area contributed by atoms with Crippen LogP contribution in [0.1, 0.15) is 36.7 Å². The van der Waals surface area contributed by atoms with Crippen LogP contribution in [0.3, 0.4) is 0 Å². The first-order valence-corrected chi connectivity index (χ1v) is 8.23. The van der Waals surface area contributed by atoms with E-state index >= 15 is 0 Å². The van der Waals surface area contributed by atoms with Gasteiger partial charge in [0.25, 0.3) is 0 Å². The number of aromatic nitrogens is 2. The van der Waals surface area contributed by atoms with Gasteiger partial charge in [-0.25, -0.2) is 8.78 Å². The topological polar surface area (TPSA) is 72.0 Å². The molecule has 0 radical (unpaired) electrons. The van der Waals surface area contributed by atoms with Crippen LogP contribution in [0.15, 0.2) is 42.7 Å². The number of hydrogen-bond acceptors (Lipinski definition) is 4. The van der Waals surface area contributed by atoms with Crippen LogP contribution in [-0.4, -0.2) is 21.7 Å². The van der Waals surface area contributed by atoms with E-state index in [1.54, 1.807) is 26.8 Å². The van der Waals surface area contributed by atoms with Gasteiger partial charge >= 0.3 is 0 Å². The quantitative estimate of drug-likeness (QED) is 0.705. The number of amides is 1. The van der Waals surface area contributed by atoms with Crippen LogP contribution in [0, 0.1) is 17.0 Å². The van der Waals surface area contributed by atoms with Gasteiger partial charge in [-0.05, 0) is 30.3 Å². The van der Waals surface area contributed by atoms with Gasteiger partial charge in [0.2, 0.25) is 5.91 Å². The molecular formula is C20H17F2N3O2. The summed E-state index contributed by atoms with van der Waals surface area (Å²) in [5.74, 6) is -3.42. The largest absolute Gasteiger partial charge is 0.323 e. The van der Waals surface area contributed by atoms with Crippen molar-refractivity contribution < 1.29 is 18.4 Å². The first kappa shape index (κ1) is 18.6. The van der Waals surface area contributed by atoms with E-state index in [0.717, 1.165) is 12.1 Å². The fourth-order valence-electron chi connectivity index (χ4n) is 2.42. The number of benzene rings is 2. The fraction of sp³-hybridized carbons (Fsp3) is 0.200. The van der Waals surface area contributed by atoms with Crippen LogP contribution in [0.25, 0.3) is 11.0 Å². The second-order valence-corrected chi connectivity index (χ2v) is 7.08. The van der Waals surface area contributed by atoms with Crippen molar-refractivity contribution in [1.29, 1.82) is 0 Å². The molecule has 0 saturated heterocycles. The second kappa shape index (κ2) is 6.83. The van der Waals surface area contributed by atoms with E-state index in [0.29, 0.717) is 11.0 Å². The summed E-state index contributed by atoms with van der Waals surface area (Å²) in [5, 5.41) is 2.40. The van der Waals surface area contributed by atoms with E-state index < -0.39 is 34.3 Å². The minimum Gasteiger partial charge on any atom is -0.323 e. The third kappa shape index (κ3) is 3.67. The van der Waals surface area contributed by atoms with Gasteiger partial charge < -0.3 is 5.32 Å². The van der Waals surface area contributed by atoms with Gasteiger partial charge in [0.15, 0.2) is 11.6 Å². The van der Waals surface area contributed by atoms with Gasteiger partial charge in [-0.3, -0.25) is 19.6 Å². The third-order valence-electron chi connectivity index (χ3n) is 3.98. The van der Waals surface area contributed by atoms with Gasteiger partial charge in [0, 0.05) is 23.4 Å². The highest BCUT2D eigenvalue weighted by Crippen LogP contribution is 2.26. The number of halogens is 2. The van der Waals surface area contributed by atoms with Crippen LogP contribution in [-0.2, 0) is 4.79 Å². The Hall–Kier alpha value is -3.22. The molecule has 0 unspecified atom stereocenters. The molecule has 1 N–H and O–H groups in total. The summed E-state index contributed by atoms with van der Waals surface area (Å²) >= 11 is 0. The Morgan fingerprint density at radius 2 is 1.63 bits per heavy atom. The lowest BCUT2D eigenvalue weighted by molar-refractivity contribution is -0.123. The molecule has 0 spiro atoms. The molecule has 0 aliphatic heterocycles. The number of rotatable bonds is 3. The Morgan fingerprint density at radius 1 is 0.963 bits per heavy atom. The number of anilines is 1. The summed E-state index contributed by atoms with van der Waals surface area (Å²) in [6.45, 7) is 4.98. The van der Waals surface area contributed by atoms with E-state index in [4.69, 9.17) is 0 Å². The SMILES string of the molecule is CC(C)(C)C(=O)Nc1ccc(F)c(C(=O)c2ccc3nccnc3c2)c1F. The van der Waals surface area contributed by atoms with Crippen LogP contribution < -0.4 is 5.32 Å². The smallest absolute Gasteiger partial charge is 0.229 e. The fourth-order valence-corrected chi connectivity index (χ4v) is 2.42. The van der Waals surface area contributed by atoms with E-state index in [1.807, 2.05) is 0 Å². The molecule has 138 valence electrons. The molecule has 0 aliphatic rings. The van der Waals surface area contributed by atoms with Gasteiger partial charge in [-0.15, -0.1) is 0 Å². The van der Waals surface area contributed by atoms with E-state index in [2.05, 4.69) is 15.3 Å². The molecule has 1 amide bonds.